The van der Waals surface area contributed by atoms with Crippen molar-refractivity contribution in [2.24, 2.45) is 0 Å². The van der Waals surface area contributed by atoms with Gasteiger partial charge in [0.25, 0.3) is 0 Å². The molecule has 0 radical (unpaired) electrons. The fraction of sp³-hybridized carbons (Fsp3) is 0.257. The van der Waals surface area contributed by atoms with E-state index in [-0.39, 0.29) is 67.1 Å². The van der Waals surface area contributed by atoms with Crippen LogP contribution in [0.1, 0.15) is 79.2 Å². The summed E-state index contributed by atoms with van der Waals surface area (Å²) in [7, 11) is 0. The molecule has 0 amide bonds. The molecule has 19 aromatic rings. The number of nitrogens with one attached hydrogen (secondary N) is 2. The van der Waals surface area contributed by atoms with E-state index in [0.717, 1.165) is 253 Å². The Hall–Kier alpha value is -16.1. The maximum absolute atomic E-state index is 11.8. The third-order valence-electron chi connectivity index (χ3n) is 27.4. The first kappa shape index (κ1) is 99.2. The van der Waals surface area contributed by atoms with Gasteiger partial charge in [-0.1, -0.05) is 132 Å². The Morgan fingerprint density at radius 2 is 0.818 bits per heavy atom. The molecule has 0 unspecified atom stereocenters. The Balaban J connectivity index is 0.000000108. The predicted molar refractivity (Wildman–Crippen MR) is 567 cm³/mol. The third kappa shape index (κ3) is 22.9. The van der Waals surface area contributed by atoms with Crippen LogP contribution >= 0.6 is 34.0 Å². The third-order valence-corrected chi connectivity index (χ3v) is 30.0. The van der Waals surface area contributed by atoms with Gasteiger partial charge in [-0.15, -0.1) is 39.1 Å². The summed E-state index contributed by atoms with van der Waals surface area (Å²) < 4.78 is 17.8. The number of fused-ring (bicyclic) bond motifs is 8. The number of rotatable bonds is 18. The zero-order chi connectivity index (χ0) is 102. The number of thiazole rings is 2. The lowest BCUT2D eigenvalue weighted by atomic mass is 10.1. The molecular weight excluding hydrogens is 1930 g/mol. The van der Waals surface area contributed by atoms with Crippen LogP contribution in [0.5, 0.6) is 34.5 Å². The van der Waals surface area contributed by atoms with Gasteiger partial charge in [0.1, 0.15) is 10.5 Å². The molecule has 5 aromatic carbocycles. The highest BCUT2D eigenvalue weighted by atomic mass is 32.1. The second kappa shape index (κ2) is 44.5. The Morgan fingerprint density at radius 3 is 1.31 bits per heavy atom. The van der Waals surface area contributed by atoms with Crippen molar-refractivity contribution in [1.82, 2.24) is 116 Å². The molecule has 25 rings (SSSR count). The average Bonchev–Trinajstić information content (AvgIpc) is 1.61. The highest BCUT2D eigenvalue weighted by Crippen LogP contribution is 2.34. The van der Waals surface area contributed by atoms with Crippen molar-refractivity contribution < 1.29 is 30.6 Å². The van der Waals surface area contributed by atoms with Crippen molar-refractivity contribution in [3.63, 3.8) is 0 Å². The fourth-order valence-electron chi connectivity index (χ4n) is 19.5. The summed E-state index contributed by atoms with van der Waals surface area (Å²) in [5, 5.41) is 92.2. The lowest BCUT2D eigenvalue weighted by Gasteiger charge is -2.30. The van der Waals surface area contributed by atoms with E-state index in [1.807, 2.05) is 141 Å². The first-order valence-corrected chi connectivity index (χ1v) is 51.5. The molecule has 6 aliphatic rings. The molecule has 14 aromatic heterocycles. The summed E-state index contributed by atoms with van der Waals surface area (Å²) >= 11 is 4.98. The molecule has 0 bridgehead atoms. The topological polar surface area (TPSA) is 409 Å². The van der Waals surface area contributed by atoms with Crippen LogP contribution in [-0.2, 0) is 118 Å². The molecule has 0 aliphatic carbocycles. The highest BCUT2D eigenvalue weighted by Gasteiger charge is 2.29. The lowest BCUT2D eigenvalue weighted by molar-refractivity contribution is 0.207. The zero-order valence-electron chi connectivity index (χ0n) is 81.7. The maximum Gasteiger partial charge on any atom is 0.223 e. The summed E-state index contributed by atoms with van der Waals surface area (Å²) in [5.74, 6) is -1.10. The standard InChI is InChI=1S/C21H20N4O2S.C20H22N4O2.C18H18N4O2.C18H17N3O2S.C16H17N5O2.C16H16N4O2S/c1-14-2-4-15(5-3-14)20-17(25-8-9-28-21(25)22-20)12-23-6-7-24-13-19(27)18(26)10-16(24)11-23;1-14-18(15(2)24(21-14)16-6-4-3-5-7-16)12-22-8-9-23-13-20(26)19(25)10-17(23)11-22;23-16-8-15-11-21(6-7-22(15)12-17(16)24)10-14-9-19-20-18(14)13-4-2-1-3-5-13;22-16-8-15-10-20(6-7-21(15)11-17(16)23)9-14-12-24-18(19-14)13-4-2-1-3-5-13;22-15-9-12-10-19(5-7-20(12)11-16(15)23)6-8-21-14-4-2-1-3-13(14)17-18-21;21-13-6-12-9-19(3-4-20(12)10-14(13)22)8-11-7-17-18-16(11)15-2-1-5-23-15/h2-5,8-10,13,27H,6-7,11-12H2,1H3;3-7,10,13,26H,8-9,11-12H2,1-2H3;1-5,8-9,12,24H,6-7,10-11H2,(H,19,20);1-5,8,11-12,23H,6-7,9-10H2;1-4,9,11,23H,5-8,10H2;1-2,5-7,10,22H,3-4,8-9H2,(H,17,18). The number of imidazole rings is 1. The van der Waals surface area contributed by atoms with Gasteiger partial charge in [-0.2, -0.15) is 15.3 Å². The minimum Gasteiger partial charge on any atom is -0.503 e. The van der Waals surface area contributed by atoms with Gasteiger partial charge in [0, 0.05) is 278 Å². The van der Waals surface area contributed by atoms with Crippen LogP contribution < -0.4 is 32.6 Å². The van der Waals surface area contributed by atoms with Crippen LogP contribution in [0.4, 0.5) is 0 Å². The number of hydrogen-bond donors (Lipinski definition) is 8. The minimum atomic E-state index is -0.323. The van der Waals surface area contributed by atoms with Crippen LogP contribution in [0.25, 0.3) is 65.3 Å². The van der Waals surface area contributed by atoms with Gasteiger partial charge in [0.15, 0.2) is 39.5 Å². The Morgan fingerprint density at radius 1 is 0.385 bits per heavy atom. The van der Waals surface area contributed by atoms with E-state index in [1.165, 1.54) is 71.1 Å². The number of aromatic nitrogens is 18. The van der Waals surface area contributed by atoms with Crippen molar-refractivity contribution in [2.75, 3.05) is 45.8 Å². The van der Waals surface area contributed by atoms with E-state index in [4.69, 9.17) is 15.1 Å². The number of thiophene rings is 1. The van der Waals surface area contributed by atoms with E-state index in [0.29, 0.717) is 39.3 Å². The van der Waals surface area contributed by atoms with E-state index in [9.17, 15) is 59.4 Å². The molecule has 0 fully saturated rings. The molecule has 20 heterocycles. The molecule has 6 aliphatic heterocycles. The second-order valence-corrected chi connectivity index (χ2v) is 40.2. The normalized spacial score (nSPS) is 14.6. The first-order chi connectivity index (χ1) is 71.9. The average molecular weight is 2040 g/mol. The van der Waals surface area contributed by atoms with Gasteiger partial charge < -0.3 is 58.0 Å². The van der Waals surface area contributed by atoms with Crippen LogP contribution in [0.2, 0.25) is 0 Å². The number of para-hydroxylation sites is 2. The van der Waals surface area contributed by atoms with Crippen LogP contribution in [0.3, 0.4) is 0 Å². The van der Waals surface area contributed by atoms with E-state index >= 15 is 0 Å². The predicted octanol–water partition coefficient (Wildman–Crippen LogP) is 13.1. The number of aromatic hydroxyl groups is 6. The number of aryl methyl sites for hydroxylation is 2. The van der Waals surface area contributed by atoms with Crippen molar-refractivity contribution in [1.29, 1.82) is 0 Å². The summed E-state index contributed by atoms with van der Waals surface area (Å²) in [6.45, 7) is 25.5. The minimum absolute atomic E-state index is 0.181. The Kier molecular flexibility index (Phi) is 29.8. The second-order valence-electron chi connectivity index (χ2n) is 37.5. The molecule has 36 nitrogen and oxygen atoms in total. The number of benzene rings is 5. The van der Waals surface area contributed by atoms with E-state index < -0.39 is 0 Å². The molecule has 0 atom stereocenters. The van der Waals surface area contributed by atoms with Crippen LogP contribution in [0, 0.1) is 20.8 Å². The number of hydrogen-bond acceptors (Lipinski definition) is 28. The molecule has 0 saturated heterocycles. The Bertz CT molecular complexity index is 8340. The van der Waals surface area contributed by atoms with Crippen molar-refractivity contribution >= 4 is 50.0 Å². The molecule has 39 heteroatoms. The smallest absolute Gasteiger partial charge is 0.223 e. The van der Waals surface area contributed by atoms with Gasteiger partial charge in [-0.25, -0.2) is 19.3 Å². The van der Waals surface area contributed by atoms with Crippen LogP contribution in [0.15, 0.2) is 289 Å². The number of H-pyrrole nitrogens is 2. The SMILES string of the molecule is Cc1ccc(-c2nc3sccn3c2CN2CCn3cc(O)c(=O)cc3C2)cc1.Cc1nn(-c2ccccc2)c(C)c1CN1CCn2cc(O)c(=O)cc2C1.O=c1cc2n(cc1O)CCN(CCn1nnc3ccccc31)C2.O=c1cc2n(cc1O)CCN(Cc1cn[nH]c1-c1ccccc1)C2.O=c1cc2n(cc1O)CCN(Cc1cn[nH]c1-c1cccs1)C2.O=c1cc2n(cc1O)CCN(Cc1csc(-c3ccccc3)n1)C2. The fourth-order valence-corrected chi connectivity index (χ4v) is 21.8. The lowest BCUT2D eigenvalue weighted by Crippen LogP contribution is -2.37. The molecule has 0 spiro atoms. The van der Waals surface area contributed by atoms with Gasteiger partial charge in [-0.3, -0.25) is 72.8 Å². The maximum atomic E-state index is 11.8. The van der Waals surface area contributed by atoms with Crippen LogP contribution in [-0.4, -0.2) is 193 Å². The first-order valence-electron chi connectivity index (χ1n) is 48.8. The van der Waals surface area contributed by atoms with E-state index in [2.05, 4.69) is 167 Å². The highest BCUT2D eigenvalue weighted by molar-refractivity contribution is 7.15. The summed E-state index contributed by atoms with van der Waals surface area (Å²) in [4.78, 5) is 95.6. The largest absolute Gasteiger partial charge is 0.503 e. The molecular formula is C109H110N24O12S3. The van der Waals surface area contributed by atoms with Gasteiger partial charge in [0.05, 0.1) is 106 Å². The summed E-state index contributed by atoms with van der Waals surface area (Å²) in [6, 6.07) is 60.1. The zero-order valence-corrected chi connectivity index (χ0v) is 84.1. The number of pyridine rings is 6. The Labute approximate surface area is 860 Å². The molecule has 756 valence electrons. The molecule has 0 saturated carbocycles. The molecule has 148 heavy (non-hydrogen) atoms. The summed E-state index contributed by atoms with van der Waals surface area (Å²) in [6.07, 6.45) is 15.0. The summed E-state index contributed by atoms with van der Waals surface area (Å²) in [5.41, 5.74) is 22.3. The van der Waals surface area contributed by atoms with Gasteiger partial charge >= 0.3 is 0 Å². The van der Waals surface area contributed by atoms with E-state index in [1.54, 1.807) is 52.5 Å². The quantitative estimate of drug-likeness (QED) is 0.0395. The van der Waals surface area contributed by atoms with Gasteiger partial charge in [-0.05, 0) is 62.0 Å². The molecule has 8 N–H and O–H groups in total. The van der Waals surface area contributed by atoms with Crippen molar-refractivity contribution in [2.45, 2.75) is 139 Å². The number of aromatic amines is 2. The number of nitrogens with zero attached hydrogens (tertiary/aromatic N) is 22. The van der Waals surface area contributed by atoms with Gasteiger partial charge in [0.2, 0.25) is 32.6 Å². The monoisotopic (exact) mass is 2040 g/mol. The van der Waals surface area contributed by atoms with Crippen molar-refractivity contribution in [3.05, 3.63) is 401 Å². The van der Waals surface area contributed by atoms with Crippen molar-refractivity contribution in [3.8, 4) is 83.8 Å².